The SMILES string of the molecule is CCCCN(CCO)C(=O)c1cccc(Br)c1C. The highest BCUT2D eigenvalue weighted by molar-refractivity contribution is 9.10. The van der Waals surface area contributed by atoms with Crippen LogP contribution in [0, 0.1) is 6.92 Å². The van der Waals surface area contributed by atoms with Crippen LogP contribution < -0.4 is 0 Å². The van der Waals surface area contributed by atoms with E-state index in [1.54, 1.807) is 4.90 Å². The van der Waals surface area contributed by atoms with Gasteiger partial charge < -0.3 is 10.0 Å². The summed E-state index contributed by atoms with van der Waals surface area (Å²) >= 11 is 3.43. The Kier molecular flexibility index (Phi) is 6.36. The van der Waals surface area contributed by atoms with E-state index in [2.05, 4.69) is 22.9 Å². The van der Waals surface area contributed by atoms with Gasteiger partial charge in [-0.15, -0.1) is 0 Å². The third kappa shape index (κ3) is 3.82. The second-order valence-corrected chi connectivity index (χ2v) is 5.14. The lowest BCUT2D eigenvalue weighted by Crippen LogP contribution is -2.34. The van der Waals surface area contributed by atoms with Crippen LogP contribution in [-0.2, 0) is 0 Å². The van der Waals surface area contributed by atoms with Crippen molar-refractivity contribution in [3.63, 3.8) is 0 Å². The van der Waals surface area contributed by atoms with Crippen molar-refractivity contribution < 1.29 is 9.90 Å². The van der Waals surface area contributed by atoms with E-state index in [1.165, 1.54) is 0 Å². The smallest absolute Gasteiger partial charge is 0.254 e. The number of carbonyl (C=O) groups is 1. The number of unbranched alkanes of at least 4 members (excludes halogenated alkanes) is 1. The molecular formula is C14H20BrNO2. The largest absolute Gasteiger partial charge is 0.395 e. The van der Waals surface area contributed by atoms with Crippen LogP contribution in [0.25, 0.3) is 0 Å². The van der Waals surface area contributed by atoms with Crippen molar-refractivity contribution >= 4 is 21.8 Å². The van der Waals surface area contributed by atoms with E-state index < -0.39 is 0 Å². The molecule has 1 N–H and O–H groups in total. The molecule has 1 rings (SSSR count). The van der Waals surface area contributed by atoms with E-state index in [0.717, 1.165) is 22.9 Å². The molecule has 100 valence electrons. The molecule has 0 aliphatic heterocycles. The van der Waals surface area contributed by atoms with Crippen LogP contribution in [0.2, 0.25) is 0 Å². The number of halogens is 1. The summed E-state index contributed by atoms with van der Waals surface area (Å²) in [5, 5.41) is 9.05. The monoisotopic (exact) mass is 313 g/mol. The minimum absolute atomic E-state index is 0.00249. The fourth-order valence-corrected chi connectivity index (χ4v) is 2.16. The van der Waals surface area contributed by atoms with Crippen molar-refractivity contribution in [2.24, 2.45) is 0 Å². The zero-order valence-electron chi connectivity index (χ0n) is 10.9. The number of aliphatic hydroxyl groups is 1. The molecule has 0 fully saturated rings. The number of rotatable bonds is 6. The summed E-state index contributed by atoms with van der Waals surface area (Å²) in [7, 11) is 0. The van der Waals surface area contributed by atoms with Crippen LogP contribution in [-0.4, -0.2) is 35.6 Å². The van der Waals surface area contributed by atoms with Crippen molar-refractivity contribution in [3.05, 3.63) is 33.8 Å². The molecule has 1 aromatic rings. The Morgan fingerprint density at radius 3 is 2.72 bits per heavy atom. The third-order valence-electron chi connectivity index (χ3n) is 2.94. The molecule has 0 saturated heterocycles. The predicted octanol–water partition coefficient (Wildman–Crippen LogP) is 2.99. The summed E-state index contributed by atoms with van der Waals surface area (Å²) in [5.41, 5.74) is 1.65. The van der Waals surface area contributed by atoms with E-state index in [9.17, 15) is 4.79 Å². The van der Waals surface area contributed by atoms with E-state index in [-0.39, 0.29) is 12.5 Å². The van der Waals surface area contributed by atoms with Crippen molar-refractivity contribution in [3.8, 4) is 0 Å². The number of aliphatic hydroxyl groups excluding tert-OH is 1. The highest BCUT2D eigenvalue weighted by atomic mass is 79.9. The van der Waals surface area contributed by atoms with Gasteiger partial charge in [0.15, 0.2) is 0 Å². The van der Waals surface area contributed by atoms with Crippen molar-refractivity contribution in [1.82, 2.24) is 4.90 Å². The lowest BCUT2D eigenvalue weighted by Gasteiger charge is -2.22. The molecule has 0 spiro atoms. The summed E-state index contributed by atoms with van der Waals surface area (Å²) < 4.78 is 0.938. The first-order valence-electron chi connectivity index (χ1n) is 6.27. The number of carbonyl (C=O) groups excluding carboxylic acids is 1. The summed E-state index contributed by atoms with van der Waals surface area (Å²) in [6.07, 6.45) is 1.99. The van der Waals surface area contributed by atoms with Crippen LogP contribution in [0.3, 0.4) is 0 Å². The topological polar surface area (TPSA) is 40.5 Å². The quantitative estimate of drug-likeness (QED) is 0.877. The molecule has 4 heteroatoms. The maximum atomic E-state index is 12.4. The Hall–Kier alpha value is -0.870. The minimum Gasteiger partial charge on any atom is -0.395 e. The summed E-state index contributed by atoms with van der Waals surface area (Å²) in [4.78, 5) is 14.1. The molecule has 0 unspecified atom stereocenters. The van der Waals surface area contributed by atoms with Gasteiger partial charge in [-0.05, 0) is 31.0 Å². The first-order chi connectivity index (χ1) is 8.61. The zero-order chi connectivity index (χ0) is 13.5. The molecular weight excluding hydrogens is 294 g/mol. The van der Waals surface area contributed by atoms with Crippen LogP contribution in [0.5, 0.6) is 0 Å². The van der Waals surface area contributed by atoms with Gasteiger partial charge in [0.2, 0.25) is 0 Å². The number of benzene rings is 1. The molecule has 0 aliphatic rings. The van der Waals surface area contributed by atoms with Crippen molar-refractivity contribution in [1.29, 1.82) is 0 Å². The predicted molar refractivity (Wildman–Crippen MR) is 76.8 cm³/mol. The average molecular weight is 314 g/mol. The number of amides is 1. The van der Waals surface area contributed by atoms with E-state index >= 15 is 0 Å². The maximum absolute atomic E-state index is 12.4. The van der Waals surface area contributed by atoms with Gasteiger partial charge in [-0.2, -0.15) is 0 Å². The Bertz CT molecular complexity index is 407. The number of nitrogens with zero attached hydrogens (tertiary/aromatic N) is 1. The van der Waals surface area contributed by atoms with Crippen LogP contribution in [0.15, 0.2) is 22.7 Å². The van der Waals surface area contributed by atoms with Crippen molar-refractivity contribution in [2.75, 3.05) is 19.7 Å². The molecule has 0 radical (unpaired) electrons. The Balaban J connectivity index is 2.90. The lowest BCUT2D eigenvalue weighted by molar-refractivity contribution is 0.0718. The second-order valence-electron chi connectivity index (χ2n) is 4.28. The fraction of sp³-hybridized carbons (Fsp3) is 0.500. The molecule has 0 atom stereocenters. The molecule has 18 heavy (non-hydrogen) atoms. The van der Waals surface area contributed by atoms with Gasteiger partial charge in [-0.3, -0.25) is 4.79 Å². The summed E-state index contributed by atoms with van der Waals surface area (Å²) in [5.74, 6) is -0.00343. The number of hydrogen-bond donors (Lipinski definition) is 1. The van der Waals surface area contributed by atoms with Crippen LogP contribution >= 0.6 is 15.9 Å². The fourth-order valence-electron chi connectivity index (χ4n) is 1.79. The first-order valence-corrected chi connectivity index (χ1v) is 7.06. The molecule has 3 nitrogen and oxygen atoms in total. The van der Waals surface area contributed by atoms with Gasteiger partial charge in [0, 0.05) is 23.1 Å². The van der Waals surface area contributed by atoms with E-state index in [1.807, 2.05) is 25.1 Å². The highest BCUT2D eigenvalue weighted by Gasteiger charge is 2.17. The maximum Gasteiger partial charge on any atom is 0.254 e. The number of hydrogen-bond acceptors (Lipinski definition) is 2. The summed E-state index contributed by atoms with van der Waals surface area (Å²) in [6.45, 7) is 5.11. The molecule has 0 bridgehead atoms. The Morgan fingerprint density at radius 2 is 2.11 bits per heavy atom. The van der Waals surface area contributed by atoms with Gasteiger partial charge in [-0.1, -0.05) is 35.3 Å². The second kappa shape index (κ2) is 7.54. The standard InChI is InChI=1S/C14H20BrNO2/c1-3-4-8-16(9-10-17)14(18)12-6-5-7-13(15)11(12)2/h5-7,17H,3-4,8-10H2,1-2H3. The van der Waals surface area contributed by atoms with Gasteiger partial charge >= 0.3 is 0 Å². The van der Waals surface area contributed by atoms with E-state index in [4.69, 9.17) is 5.11 Å². The Morgan fingerprint density at radius 1 is 1.39 bits per heavy atom. The van der Waals surface area contributed by atoms with Crippen LogP contribution in [0.4, 0.5) is 0 Å². The van der Waals surface area contributed by atoms with Crippen molar-refractivity contribution in [2.45, 2.75) is 26.7 Å². The molecule has 1 aromatic carbocycles. The highest BCUT2D eigenvalue weighted by Crippen LogP contribution is 2.20. The third-order valence-corrected chi connectivity index (χ3v) is 3.80. The zero-order valence-corrected chi connectivity index (χ0v) is 12.5. The molecule has 0 aliphatic carbocycles. The van der Waals surface area contributed by atoms with Gasteiger partial charge in [-0.25, -0.2) is 0 Å². The Labute approximate surface area is 117 Å². The normalized spacial score (nSPS) is 10.4. The van der Waals surface area contributed by atoms with Gasteiger partial charge in [0.1, 0.15) is 0 Å². The molecule has 0 saturated carbocycles. The summed E-state index contributed by atoms with van der Waals surface area (Å²) in [6, 6.07) is 5.62. The van der Waals surface area contributed by atoms with Crippen LogP contribution in [0.1, 0.15) is 35.7 Å². The minimum atomic E-state index is -0.00343. The van der Waals surface area contributed by atoms with Gasteiger partial charge in [0.25, 0.3) is 5.91 Å². The van der Waals surface area contributed by atoms with E-state index in [0.29, 0.717) is 18.7 Å². The molecule has 0 aromatic heterocycles. The molecule has 0 heterocycles. The van der Waals surface area contributed by atoms with Gasteiger partial charge in [0.05, 0.1) is 6.61 Å². The lowest BCUT2D eigenvalue weighted by atomic mass is 10.1. The first kappa shape index (κ1) is 15.2. The average Bonchev–Trinajstić information content (AvgIpc) is 2.37. The molecule has 1 amide bonds.